The molecule has 0 radical (unpaired) electrons. The molecule has 0 amide bonds. The first-order valence-electron chi connectivity index (χ1n) is 6.43. The zero-order valence-electron chi connectivity index (χ0n) is 10.6. The first-order valence-corrected chi connectivity index (χ1v) is 7.23. The number of ketones is 1. The summed E-state index contributed by atoms with van der Waals surface area (Å²) in [5.41, 5.74) is 0.568. The Kier molecular flexibility index (Phi) is 3.65. The molecule has 1 heterocycles. The molecule has 0 spiro atoms. The maximum Gasteiger partial charge on any atom is 0.230 e. The van der Waals surface area contributed by atoms with Crippen LogP contribution in [0.25, 0.3) is 11.4 Å². The van der Waals surface area contributed by atoms with Crippen molar-refractivity contribution < 1.29 is 13.7 Å². The second-order valence-corrected chi connectivity index (χ2v) is 5.84. The largest absolute Gasteiger partial charge is 0.339 e. The van der Waals surface area contributed by atoms with Crippen LogP contribution in [-0.4, -0.2) is 15.9 Å². The SMILES string of the molecule is O=C1CCC(c2nc(-c3cc(F)cc(Br)c3)no2)CC1. The fourth-order valence-corrected chi connectivity index (χ4v) is 2.85. The van der Waals surface area contributed by atoms with Gasteiger partial charge in [0.2, 0.25) is 11.7 Å². The van der Waals surface area contributed by atoms with Crippen LogP contribution >= 0.6 is 15.9 Å². The highest BCUT2D eigenvalue weighted by atomic mass is 79.9. The van der Waals surface area contributed by atoms with Crippen molar-refractivity contribution >= 4 is 21.7 Å². The summed E-state index contributed by atoms with van der Waals surface area (Å²) in [7, 11) is 0. The van der Waals surface area contributed by atoms with Crippen LogP contribution in [0, 0.1) is 5.82 Å². The van der Waals surface area contributed by atoms with Gasteiger partial charge in [-0.15, -0.1) is 0 Å². The summed E-state index contributed by atoms with van der Waals surface area (Å²) in [6.07, 6.45) is 2.61. The van der Waals surface area contributed by atoms with Crippen molar-refractivity contribution in [1.29, 1.82) is 0 Å². The van der Waals surface area contributed by atoms with Gasteiger partial charge in [-0.05, 0) is 31.0 Å². The Balaban J connectivity index is 1.84. The minimum atomic E-state index is -0.357. The van der Waals surface area contributed by atoms with E-state index in [2.05, 4.69) is 26.1 Å². The molecule has 0 atom stereocenters. The van der Waals surface area contributed by atoms with Crippen molar-refractivity contribution in [2.24, 2.45) is 0 Å². The number of carbonyl (C=O) groups excluding carboxylic acids is 1. The lowest BCUT2D eigenvalue weighted by Gasteiger charge is -2.16. The van der Waals surface area contributed by atoms with Gasteiger partial charge in [-0.2, -0.15) is 4.98 Å². The molecule has 4 nitrogen and oxygen atoms in total. The Bertz CT molecular complexity index is 626. The van der Waals surface area contributed by atoms with Crippen molar-refractivity contribution in [2.45, 2.75) is 31.6 Å². The molecular weight excluding hydrogens is 327 g/mol. The number of hydrogen-bond donors (Lipinski definition) is 0. The molecule has 1 aromatic heterocycles. The Hall–Kier alpha value is -1.56. The topological polar surface area (TPSA) is 56.0 Å². The maximum atomic E-state index is 13.4. The summed E-state index contributed by atoms with van der Waals surface area (Å²) < 4.78 is 19.3. The van der Waals surface area contributed by atoms with E-state index in [1.165, 1.54) is 12.1 Å². The molecule has 0 saturated heterocycles. The van der Waals surface area contributed by atoms with E-state index in [1.807, 2.05) is 0 Å². The van der Waals surface area contributed by atoms with E-state index in [-0.39, 0.29) is 17.5 Å². The standard InChI is InChI=1S/C14H12BrFN2O2/c15-10-5-9(6-11(16)7-10)13-17-14(20-18-13)8-1-3-12(19)4-2-8/h5-8H,1-4H2. The van der Waals surface area contributed by atoms with E-state index in [1.54, 1.807) is 6.07 Å². The summed E-state index contributed by atoms with van der Waals surface area (Å²) in [6.45, 7) is 0. The van der Waals surface area contributed by atoms with E-state index in [0.29, 0.717) is 34.6 Å². The fraction of sp³-hybridized carbons (Fsp3) is 0.357. The number of aromatic nitrogens is 2. The summed E-state index contributed by atoms with van der Waals surface area (Å²) in [5.74, 6) is 0.968. The molecule has 0 aliphatic heterocycles. The average Bonchev–Trinajstić information content (AvgIpc) is 2.88. The molecule has 1 aromatic carbocycles. The normalized spacial score (nSPS) is 16.6. The Labute approximate surface area is 123 Å². The van der Waals surface area contributed by atoms with Crippen molar-refractivity contribution in [2.75, 3.05) is 0 Å². The molecule has 6 heteroatoms. The molecule has 0 unspecified atom stereocenters. The molecule has 1 saturated carbocycles. The van der Waals surface area contributed by atoms with Crippen LogP contribution in [0.1, 0.15) is 37.5 Å². The van der Waals surface area contributed by atoms with Crippen molar-refractivity contribution in [1.82, 2.24) is 10.1 Å². The maximum absolute atomic E-state index is 13.4. The highest BCUT2D eigenvalue weighted by Gasteiger charge is 2.25. The lowest BCUT2D eigenvalue weighted by Crippen LogP contribution is -2.12. The highest BCUT2D eigenvalue weighted by Crippen LogP contribution is 2.31. The van der Waals surface area contributed by atoms with Crippen molar-refractivity contribution in [3.05, 3.63) is 34.4 Å². The third-order valence-corrected chi connectivity index (χ3v) is 3.91. The molecule has 1 aliphatic rings. The molecular formula is C14H12BrFN2O2. The molecule has 1 aliphatic carbocycles. The van der Waals surface area contributed by atoms with E-state index >= 15 is 0 Å². The predicted molar refractivity (Wildman–Crippen MR) is 73.6 cm³/mol. The number of rotatable bonds is 2. The van der Waals surface area contributed by atoms with Crippen LogP contribution in [0.3, 0.4) is 0 Å². The first kappa shape index (κ1) is 13.4. The molecule has 2 aromatic rings. The van der Waals surface area contributed by atoms with E-state index in [0.717, 1.165) is 12.8 Å². The summed E-state index contributed by atoms with van der Waals surface area (Å²) >= 11 is 3.24. The van der Waals surface area contributed by atoms with Crippen molar-refractivity contribution in [3.63, 3.8) is 0 Å². The third-order valence-electron chi connectivity index (χ3n) is 3.46. The Morgan fingerprint density at radius 1 is 1.25 bits per heavy atom. The highest BCUT2D eigenvalue weighted by molar-refractivity contribution is 9.10. The van der Waals surface area contributed by atoms with Gasteiger partial charge in [0.25, 0.3) is 0 Å². The quantitative estimate of drug-likeness (QED) is 0.834. The van der Waals surface area contributed by atoms with Gasteiger partial charge in [-0.1, -0.05) is 21.1 Å². The number of hydrogen-bond acceptors (Lipinski definition) is 4. The van der Waals surface area contributed by atoms with Gasteiger partial charge in [-0.3, -0.25) is 4.79 Å². The molecule has 3 rings (SSSR count). The number of nitrogens with zero attached hydrogens (tertiary/aromatic N) is 2. The number of halogens is 2. The van der Waals surface area contributed by atoms with Crippen LogP contribution < -0.4 is 0 Å². The number of Topliss-reactive ketones (excluding diaryl/α,β-unsaturated/α-hetero) is 1. The minimum Gasteiger partial charge on any atom is -0.339 e. The van der Waals surface area contributed by atoms with Crippen molar-refractivity contribution in [3.8, 4) is 11.4 Å². The monoisotopic (exact) mass is 338 g/mol. The molecule has 1 fully saturated rings. The van der Waals surface area contributed by atoms with Gasteiger partial charge in [0.15, 0.2) is 0 Å². The lowest BCUT2D eigenvalue weighted by molar-refractivity contribution is -0.120. The Morgan fingerprint density at radius 3 is 2.70 bits per heavy atom. The van der Waals surface area contributed by atoms with E-state index < -0.39 is 0 Å². The molecule has 104 valence electrons. The molecule has 20 heavy (non-hydrogen) atoms. The lowest BCUT2D eigenvalue weighted by atomic mass is 9.88. The van der Waals surface area contributed by atoms with Gasteiger partial charge < -0.3 is 4.52 Å². The second-order valence-electron chi connectivity index (χ2n) is 4.93. The zero-order valence-corrected chi connectivity index (χ0v) is 12.2. The van der Waals surface area contributed by atoms with Gasteiger partial charge in [-0.25, -0.2) is 4.39 Å². The molecule has 0 bridgehead atoms. The van der Waals surface area contributed by atoms with Crippen LogP contribution in [0.2, 0.25) is 0 Å². The number of benzene rings is 1. The van der Waals surface area contributed by atoms with Gasteiger partial charge in [0.05, 0.1) is 0 Å². The van der Waals surface area contributed by atoms with Crippen LogP contribution in [-0.2, 0) is 4.79 Å². The van der Waals surface area contributed by atoms with E-state index in [9.17, 15) is 9.18 Å². The zero-order chi connectivity index (χ0) is 14.1. The van der Waals surface area contributed by atoms with Crippen LogP contribution in [0.15, 0.2) is 27.2 Å². The smallest absolute Gasteiger partial charge is 0.230 e. The number of carbonyl (C=O) groups is 1. The summed E-state index contributed by atoms with van der Waals surface area (Å²) in [6, 6.07) is 4.48. The van der Waals surface area contributed by atoms with Crippen LogP contribution in [0.4, 0.5) is 4.39 Å². The van der Waals surface area contributed by atoms with Gasteiger partial charge in [0.1, 0.15) is 11.6 Å². The summed E-state index contributed by atoms with van der Waals surface area (Å²) in [5, 5.41) is 3.90. The first-order chi connectivity index (χ1) is 9.61. The second kappa shape index (κ2) is 5.44. The van der Waals surface area contributed by atoms with E-state index in [4.69, 9.17) is 4.52 Å². The fourth-order valence-electron chi connectivity index (χ4n) is 2.39. The summed E-state index contributed by atoms with van der Waals surface area (Å²) in [4.78, 5) is 15.6. The van der Waals surface area contributed by atoms with Gasteiger partial charge >= 0.3 is 0 Å². The van der Waals surface area contributed by atoms with Crippen LogP contribution in [0.5, 0.6) is 0 Å². The minimum absolute atomic E-state index is 0.131. The molecule has 0 N–H and O–H groups in total. The Morgan fingerprint density at radius 2 is 2.00 bits per heavy atom. The average molecular weight is 339 g/mol. The predicted octanol–water partition coefficient (Wildman–Crippen LogP) is 3.86. The van der Waals surface area contributed by atoms with Gasteiger partial charge in [0, 0.05) is 28.8 Å². The third kappa shape index (κ3) is 2.80.